The van der Waals surface area contributed by atoms with Crippen LogP contribution in [0.25, 0.3) is 0 Å². The van der Waals surface area contributed by atoms with Crippen LogP contribution in [-0.2, 0) is 25.6 Å². The van der Waals surface area contributed by atoms with Crippen molar-refractivity contribution >= 4 is 35.7 Å². The highest BCUT2D eigenvalue weighted by atomic mass is 16.1. The molecule has 0 N–H and O–H groups in total. The summed E-state index contributed by atoms with van der Waals surface area (Å²) in [7, 11) is 0. The van der Waals surface area contributed by atoms with E-state index in [9.17, 15) is 19.2 Å². The minimum absolute atomic E-state index is 0.0978. The lowest BCUT2D eigenvalue weighted by Crippen LogP contribution is -2.19. The molecule has 2 aromatic carbocycles. The molecule has 33 heavy (non-hydrogen) atoms. The van der Waals surface area contributed by atoms with Gasteiger partial charge in [0, 0.05) is 0 Å². The maximum absolute atomic E-state index is 10.3. The molecule has 1 saturated carbocycles. The van der Waals surface area contributed by atoms with Crippen LogP contribution in [-0.4, -0.2) is 36.4 Å². The quantitative estimate of drug-likeness (QED) is 0.470. The molecule has 0 amide bonds. The fourth-order valence-electron chi connectivity index (χ4n) is 3.71. The third-order valence-electron chi connectivity index (χ3n) is 5.40. The summed E-state index contributed by atoms with van der Waals surface area (Å²) in [6.07, 6.45) is 10.3. The highest BCUT2D eigenvalue weighted by Gasteiger charge is 2.19. The Bertz CT molecular complexity index is 1070. The van der Waals surface area contributed by atoms with Gasteiger partial charge < -0.3 is 0 Å². The lowest BCUT2D eigenvalue weighted by atomic mass is 9.92. The summed E-state index contributed by atoms with van der Waals surface area (Å²) in [4.78, 5) is 55.0. The van der Waals surface area contributed by atoms with Crippen LogP contribution in [0, 0.1) is 13.8 Å². The molecule has 0 saturated heterocycles. The average Bonchev–Trinajstić information content (AvgIpc) is 2.80. The smallest absolute Gasteiger partial charge is 0.211 e. The van der Waals surface area contributed by atoms with Crippen molar-refractivity contribution in [3.63, 3.8) is 0 Å². The topological polar surface area (TPSA) is 118 Å². The van der Waals surface area contributed by atoms with Crippen molar-refractivity contribution in [1.82, 2.24) is 0 Å². The lowest BCUT2D eigenvalue weighted by Gasteiger charge is -2.20. The highest BCUT2D eigenvalue weighted by molar-refractivity contribution is 5.56. The molecule has 1 aliphatic rings. The molecule has 0 aromatic heterocycles. The molecular weight excluding hydrogens is 420 g/mol. The van der Waals surface area contributed by atoms with Gasteiger partial charge in [-0.25, -0.2) is 29.2 Å². The number of benzene rings is 2. The average molecular weight is 444 g/mol. The Morgan fingerprint density at radius 2 is 1.06 bits per heavy atom. The molecular formula is C25H24N4O4. The first-order chi connectivity index (χ1) is 16.0. The van der Waals surface area contributed by atoms with Gasteiger partial charge in [-0.15, -0.1) is 0 Å². The lowest BCUT2D eigenvalue weighted by molar-refractivity contribution is 0.394. The van der Waals surface area contributed by atoms with Crippen molar-refractivity contribution in [3.8, 4) is 0 Å². The van der Waals surface area contributed by atoms with Crippen molar-refractivity contribution in [1.29, 1.82) is 0 Å². The van der Waals surface area contributed by atoms with Gasteiger partial charge in [-0.1, -0.05) is 24.3 Å². The fraction of sp³-hybridized carbons (Fsp3) is 0.360. The summed E-state index contributed by atoms with van der Waals surface area (Å²) in [5.74, 6) is 0. The molecule has 1 aliphatic carbocycles. The predicted molar refractivity (Wildman–Crippen MR) is 123 cm³/mol. The number of hydrogen-bond donors (Lipinski definition) is 0. The third-order valence-corrected chi connectivity index (χ3v) is 5.40. The number of isocyanates is 4. The van der Waals surface area contributed by atoms with Crippen molar-refractivity contribution in [2.45, 2.75) is 58.0 Å². The van der Waals surface area contributed by atoms with Crippen molar-refractivity contribution in [3.05, 3.63) is 58.7 Å². The van der Waals surface area contributed by atoms with Crippen LogP contribution >= 0.6 is 0 Å². The molecule has 0 atom stereocenters. The van der Waals surface area contributed by atoms with Gasteiger partial charge in [0.15, 0.2) is 0 Å². The van der Waals surface area contributed by atoms with E-state index in [1.807, 2.05) is 50.2 Å². The van der Waals surface area contributed by atoms with E-state index in [-0.39, 0.29) is 12.1 Å². The summed E-state index contributed by atoms with van der Waals surface area (Å²) in [6.45, 7) is 3.82. The zero-order valence-corrected chi connectivity index (χ0v) is 18.6. The molecule has 0 spiro atoms. The summed E-state index contributed by atoms with van der Waals surface area (Å²) < 4.78 is 0. The molecule has 0 radical (unpaired) electrons. The van der Waals surface area contributed by atoms with E-state index in [2.05, 4.69) is 20.0 Å². The molecule has 8 heteroatoms. The standard InChI is InChI=1S/C17H14N2O2.C8H10N2O2/c1-12-7-14(3-5-16(12)18-10-20)9-15-4-6-17(19-11-21)13(2)8-15;11-5-9-7-1-2-8(4-3-7)10-6-12/h3-8H,9H2,1-2H3;7-8H,1-4H2. The van der Waals surface area contributed by atoms with Crippen LogP contribution < -0.4 is 0 Å². The van der Waals surface area contributed by atoms with E-state index in [1.54, 1.807) is 24.3 Å². The summed E-state index contributed by atoms with van der Waals surface area (Å²) >= 11 is 0. The van der Waals surface area contributed by atoms with Gasteiger partial charge in [-0.2, -0.15) is 9.98 Å². The molecule has 0 unspecified atom stereocenters. The zero-order chi connectivity index (χ0) is 24.1. The Kier molecular flexibility index (Phi) is 10.2. The molecule has 3 rings (SSSR count). The largest absolute Gasteiger partial charge is 0.240 e. The number of aryl methyl sites for hydroxylation is 2. The molecule has 0 aliphatic heterocycles. The first kappa shape index (κ1) is 25.2. The van der Waals surface area contributed by atoms with Crippen molar-refractivity contribution < 1.29 is 19.2 Å². The van der Waals surface area contributed by atoms with E-state index in [0.717, 1.165) is 54.4 Å². The second-order valence-electron chi connectivity index (χ2n) is 7.73. The normalized spacial score (nSPS) is 16.4. The Morgan fingerprint density at radius 1 is 0.667 bits per heavy atom. The van der Waals surface area contributed by atoms with Crippen LogP contribution in [0.15, 0.2) is 56.4 Å². The summed E-state index contributed by atoms with van der Waals surface area (Å²) in [5.41, 5.74) is 5.41. The van der Waals surface area contributed by atoms with Gasteiger partial charge in [0.05, 0.1) is 23.5 Å². The van der Waals surface area contributed by atoms with E-state index in [0.29, 0.717) is 11.4 Å². The zero-order valence-electron chi connectivity index (χ0n) is 18.6. The monoisotopic (exact) mass is 444 g/mol. The second kappa shape index (κ2) is 13.4. The Hall–Kier alpha value is -4.04. The van der Waals surface area contributed by atoms with E-state index < -0.39 is 0 Å². The third kappa shape index (κ3) is 8.19. The van der Waals surface area contributed by atoms with Gasteiger partial charge >= 0.3 is 0 Å². The minimum Gasteiger partial charge on any atom is -0.211 e. The van der Waals surface area contributed by atoms with Gasteiger partial charge in [0.2, 0.25) is 24.3 Å². The van der Waals surface area contributed by atoms with Gasteiger partial charge in [0.1, 0.15) is 0 Å². The molecule has 8 nitrogen and oxygen atoms in total. The van der Waals surface area contributed by atoms with Gasteiger partial charge in [-0.05, 0) is 80.3 Å². The van der Waals surface area contributed by atoms with E-state index in [4.69, 9.17) is 0 Å². The van der Waals surface area contributed by atoms with Crippen LogP contribution in [0.5, 0.6) is 0 Å². The number of rotatable bonds is 6. The Morgan fingerprint density at radius 3 is 1.36 bits per heavy atom. The Labute approximate surface area is 191 Å². The number of nitrogens with zero attached hydrogens (tertiary/aromatic N) is 4. The first-order valence-corrected chi connectivity index (χ1v) is 10.5. The maximum atomic E-state index is 10.3. The molecule has 0 bridgehead atoms. The van der Waals surface area contributed by atoms with E-state index in [1.165, 1.54) is 0 Å². The molecule has 168 valence electrons. The van der Waals surface area contributed by atoms with E-state index >= 15 is 0 Å². The fourth-order valence-corrected chi connectivity index (χ4v) is 3.71. The summed E-state index contributed by atoms with van der Waals surface area (Å²) in [5, 5.41) is 0. The van der Waals surface area contributed by atoms with Crippen molar-refractivity contribution in [2.75, 3.05) is 0 Å². The minimum atomic E-state index is 0.0978. The number of aliphatic imine (C=N–C) groups is 4. The van der Waals surface area contributed by atoms with Crippen molar-refractivity contribution in [2.24, 2.45) is 20.0 Å². The van der Waals surface area contributed by atoms with Crippen LogP contribution in [0.4, 0.5) is 11.4 Å². The molecule has 1 fully saturated rings. The van der Waals surface area contributed by atoms with Crippen LogP contribution in [0.1, 0.15) is 47.9 Å². The summed E-state index contributed by atoms with van der Waals surface area (Å²) in [6, 6.07) is 11.7. The Balaban J connectivity index is 0.000000273. The second-order valence-corrected chi connectivity index (χ2v) is 7.73. The first-order valence-electron chi connectivity index (χ1n) is 10.5. The predicted octanol–water partition coefficient (Wildman–Crippen LogP) is 4.80. The maximum Gasteiger partial charge on any atom is 0.240 e. The van der Waals surface area contributed by atoms with Crippen LogP contribution in [0.3, 0.4) is 0 Å². The van der Waals surface area contributed by atoms with Crippen LogP contribution in [0.2, 0.25) is 0 Å². The molecule has 0 heterocycles. The number of hydrogen-bond acceptors (Lipinski definition) is 8. The van der Waals surface area contributed by atoms with Gasteiger partial charge in [0.25, 0.3) is 0 Å². The highest BCUT2D eigenvalue weighted by Crippen LogP contribution is 2.24. The molecule has 2 aromatic rings. The van der Waals surface area contributed by atoms with Gasteiger partial charge in [-0.3, -0.25) is 0 Å². The number of carbonyl (C=O) groups excluding carboxylic acids is 4. The SMILES string of the molecule is Cc1cc(Cc2ccc(N=C=O)c(C)c2)ccc1N=C=O.O=C=NC1CCC(N=C=O)CC1.